The van der Waals surface area contributed by atoms with Gasteiger partial charge in [-0.1, -0.05) is 75.0 Å². The largest absolute Gasteiger partial charge is 0.488 e. The Labute approximate surface area is 230 Å². The van der Waals surface area contributed by atoms with Crippen molar-refractivity contribution in [3.8, 4) is 5.75 Å². The Morgan fingerprint density at radius 3 is 2.57 bits per heavy atom. The van der Waals surface area contributed by atoms with Crippen LogP contribution in [0.25, 0.3) is 10.9 Å². The quantitative estimate of drug-likeness (QED) is 0.192. The molecular formula is C26H21Br2Cl2N3O2. The molecule has 180 valence electrons. The van der Waals surface area contributed by atoms with Crippen LogP contribution in [0.4, 0.5) is 0 Å². The third kappa shape index (κ3) is 5.97. The summed E-state index contributed by atoms with van der Waals surface area (Å²) in [7, 11) is 0. The molecule has 0 aliphatic carbocycles. The third-order valence-electron chi connectivity index (χ3n) is 5.57. The molecule has 1 aromatic heterocycles. The maximum atomic E-state index is 13.4. The number of ether oxygens (including phenoxy) is 1. The Bertz CT molecular complexity index is 1490. The van der Waals surface area contributed by atoms with Crippen LogP contribution in [0.15, 0.2) is 73.4 Å². The topological polar surface area (TPSA) is 56.5 Å². The van der Waals surface area contributed by atoms with E-state index in [9.17, 15) is 4.79 Å². The van der Waals surface area contributed by atoms with E-state index in [-0.39, 0.29) is 18.1 Å². The first-order valence-corrected chi connectivity index (χ1v) is 13.2. The molecule has 5 nitrogen and oxygen atoms in total. The lowest BCUT2D eigenvalue weighted by Crippen LogP contribution is -2.23. The fourth-order valence-electron chi connectivity index (χ4n) is 3.44. The van der Waals surface area contributed by atoms with Crippen LogP contribution in [0.5, 0.6) is 5.75 Å². The van der Waals surface area contributed by atoms with Crippen molar-refractivity contribution in [3.05, 3.63) is 101 Å². The average molecular weight is 638 g/mol. The van der Waals surface area contributed by atoms with Crippen LogP contribution >= 0.6 is 55.1 Å². The van der Waals surface area contributed by atoms with Gasteiger partial charge in [0.05, 0.1) is 17.1 Å². The van der Waals surface area contributed by atoms with E-state index in [0.29, 0.717) is 38.1 Å². The summed E-state index contributed by atoms with van der Waals surface area (Å²) in [5.74, 6) is 1.24. The molecule has 0 bridgehead atoms. The molecule has 0 saturated carbocycles. The fraction of sp³-hybridized carbons (Fsp3) is 0.192. The predicted molar refractivity (Wildman–Crippen MR) is 150 cm³/mol. The second-order valence-corrected chi connectivity index (χ2v) is 10.7. The molecule has 1 heterocycles. The Kier molecular flexibility index (Phi) is 8.32. The van der Waals surface area contributed by atoms with E-state index in [2.05, 4.69) is 43.9 Å². The molecule has 0 spiro atoms. The molecule has 1 atom stereocenters. The first kappa shape index (κ1) is 25.9. The molecular weight excluding hydrogens is 617 g/mol. The second-order valence-electron chi connectivity index (χ2n) is 8.01. The molecule has 0 radical (unpaired) electrons. The van der Waals surface area contributed by atoms with E-state index >= 15 is 0 Å². The van der Waals surface area contributed by atoms with E-state index in [1.54, 1.807) is 24.4 Å². The zero-order valence-corrected chi connectivity index (χ0v) is 23.6. The van der Waals surface area contributed by atoms with Crippen molar-refractivity contribution in [2.45, 2.75) is 32.8 Å². The Balaban J connectivity index is 1.74. The predicted octanol–water partition coefficient (Wildman–Crippen LogP) is 8.20. The van der Waals surface area contributed by atoms with Gasteiger partial charge in [-0.25, -0.2) is 4.98 Å². The zero-order valence-electron chi connectivity index (χ0n) is 18.9. The molecule has 0 aliphatic heterocycles. The number of hydrogen-bond donors (Lipinski definition) is 0. The van der Waals surface area contributed by atoms with Gasteiger partial charge in [-0.3, -0.25) is 4.79 Å². The van der Waals surface area contributed by atoms with E-state index in [4.69, 9.17) is 32.9 Å². The smallest absolute Gasteiger partial charge is 0.282 e. The zero-order chi connectivity index (χ0) is 25.1. The minimum atomic E-state index is -0.228. The lowest BCUT2D eigenvalue weighted by Gasteiger charge is -2.14. The van der Waals surface area contributed by atoms with Gasteiger partial charge in [0.1, 0.15) is 18.2 Å². The molecule has 9 heteroatoms. The lowest BCUT2D eigenvalue weighted by atomic mass is 10.1. The van der Waals surface area contributed by atoms with Crippen LogP contribution in [-0.2, 0) is 6.61 Å². The van der Waals surface area contributed by atoms with Gasteiger partial charge in [0, 0.05) is 36.0 Å². The highest BCUT2D eigenvalue weighted by molar-refractivity contribution is 9.10. The molecule has 35 heavy (non-hydrogen) atoms. The van der Waals surface area contributed by atoms with Crippen molar-refractivity contribution in [3.63, 3.8) is 0 Å². The monoisotopic (exact) mass is 635 g/mol. The normalized spacial score (nSPS) is 12.4. The Morgan fingerprint density at radius 2 is 1.83 bits per heavy atom. The summed E-state index contributed by atoms with van der Waals surface area (Å²) >= 11 is 19.2. The van der Waals surface area contributed by atoms with Gasteiger partial charge in [0.15, 0.2) is 0 Å². The summed E-state index contributed by atoms with van der Waals surface area (Å²) in [5, 5.41) is 6.15. The molecule has 0 unspecified atom stereocenters. The van der Waals surface area contributed by atoms with E-state index in [1.165, 1.54) is 4.68 Å². The summed E-state index contributed by atoms with van der Waals surface area (Å²) < 4.78 is 9.09. The van der Waals surface area contributed by atoms with Gasteiger partial charge in [0.25, 0.3) is 5.56 Å². The maximum absolute atomic E-state index is 13.4. The van der Waals surface area contributed by atoms with Crippen LogP contribution in [0, 0.1) is 0 Å². The van der Waals surface area contributed by atoms with Crippen molar-refractivity contribution in [2.75, 3.05) is 0 Å². The van der Waals surface area contributed by atoms with E-state index < -0.39 is 0 Å². The number of benzene rings is 3. The van der Waals surface area contributed by atoms with Crippen molar-refractivity contribution < 1.29 is 4.74 Å². The molecule has 0 N–H and O–H groups in total. The van der Waals surface area contributed by atoms with Crippen molar-refractivity contribution in [1.29, 1.82) is 0 Å². The Morgan fingerprint density at radius 1 is 1.09 bits per heavy atom. The molecule has 0 fully saturated rings. The highest BCUT2D eigenvalue weighted by Gasteiger charge is 2.16. The first-order chi connectivity index (χ1) is 16.8. The molecule has 4 rings (SSSR count). The fourth-order valence-corrected chi connectivity index (χ4v) is 4.65. The maximum Gasteiger partial charge on any atom is 0.282 e. The average Bonchev–Trinajstić information content (AvgIpc) is 2.83. The standard InChI is InChI=1S/C26H21Br2Cl2N3O2/c1-3-15(2)25-32-23-8-5-19(28)11-21(23)26(34)33(25)31-13-17-10-18(27)6-9-24(17)35-14-16-4-7-20(29)12-22(16)30/h4-13,15H,3,14H2,1-2H3/t15-/m0/s1. The summed E-state index contributed by atoms with van der Waals surface area (Å²) in [5.41, 5.74) is 1.92. The van der Waals surface area contributed by atoms with E-state index in [1.807, 2.05) is 43.3 Å². The first-order valence-electron chi connectivity index (χ1n) is 10.9. The van der Waals surface area contributed by atoms with Crippen molar-refractivity contribution in [1.82, 2.24) is 9.66 Å². The molecule has 0 aliphatic rings. The van der Waals surface area contributed by atoms with Gasteiger partial charge >= 0.3 is 0 Å². The summed E-state index contributed by atoms with van der Waals surface area (Å²) in [4.78, 5) is 18.1. The summed E-state index contributed by atoms with van der Waals surface area (Å²) in [6.45, 7) is 4.34. The Hall–Kier alpha value is -2.19. The highest BCUT2D eigenvalue weighted by atomic mass is 79.9. The number of halogens is 4. The van der Waals surface area contributed by atoms with Gasteiger partial charge in [0.2, 0.25) is 0 Å². The minimum Gasteiger partial charge on any atom is -0.488 e. The summed E-state index contributed by atoms with van der Waals surface area (Å²) in [6.07, 6.45) is 2.43. The highest BCUT2D eigenvalue weighted by Crippen LogP contribution is 2.26. The van der Waals surface area contributed by atoms with E-state index in [0.717, 1.165) is 20.9 Å². The third-order valence-corrected chi connectivity index (χ3v) is 7.14. The van der Waals surface area contributed by atoms with Crippen molar-refractivity contribution >= 4 is 72.2 Å². The van der Waals surface area contributed by atoms with Gasteiger partial charge in [-0.15, -0.1) is 0 Å². The van der Waals surface area contributed by atoms with Gasteiger partial charge in [-0.2, -0.15) is 9.78 Å². The number of nitrogens with zero attached hydrogens (tertiary/aromatic N) is 3. The number of aromatic nitrogens is 2. The van der Waals surface area contributed by atoms with Crippen LogP contribution in [-0.4, -0.2) is 15.9 Å². The van der Waals surface area contributed by atoms with Crippen LogP contribution in [0.3, 0.4) is 0 Å². The molecule has 3 aromatic carbocycles. The number of rotatable bonds is 7. The van der Waals surface area contributed by atoms with Crippen molar-refractivity contribution in [2.24, 2.45) is 5.10 Å². The van der Waals surface area contributed by atoms with Gasteiger partial charge < -0.3 is 4.74 Å². The lowest BCUT2D eigenvalue weighted by molar-refractivity contribution is 0.306. The SMILES string of the molecule is CC[C@H](C)c1nc2ccc(Br)cc2c(=O)n1N=Cc1cc(Br)ccc1OCc1ccc(Cl)cc1Cl. The number of fused-ring (bicyclic) bond motifs is 1. The minimum absolute atomic E-state index is 0.0400. The van der Waals surface area contributed by atoms with Crippen LogP contribution in [0.1, 0.15) is 43.1 Å². The molecule has 0 amide bonds. The second kappa shape index (κ2) is 11.2. The van der Waals surface area contributed by atoms with Gasteiger partial charge in [-0.05, 0) is 55.0 Å². The molecule has 4 aromatic rings. The van der Waals surface area contributed by atoms with Crippen LogP contribution < -0.4 is 10.3 Å². The van der Waals surface area contributed by atoms with Crippen LogP contribution in [0.2, 0.25) is 10.0 Å². The number of hydrogen-bond acceptors (Lipinski definition) is 4. The summed E-state index contributed by atoms with van der Waals surface area (Å²) in [6, 6.07) is 16.3. The molecule has 0 saturated heterocycles.